The number of benzene rings is 1. The number of halogens is 1. The van der Waals surface area contributed by atoms with E-state index in [9.17, 15) is 9.59 Å². The Morgan fingerprint density at radius 2 is 2.22 bits per heavy atom. The summed E-state index contributed by atoms with van der Waals surface area (Å²) >= 11 is 5.76. The molecule has 0 aromatic heterocycles. The lowest BCUT2D eigenvalue weighted by Crippen LogP contribution is -2.39. The van der Waals surface area contributed by atoms with Gasteiger partial charge >= 0.3 is 5.97 Å². The fraction of sp³-hybridized carbons (Fsp3) is 0.471. The number of esters is 1. The Balaban J connectivity index is 2.49. The van der Waals surface area contributed by atoms with Crippen molar-refractivity contribution in [1.82, 2.24) is 0 Å². The maximum Gasteiger partial charge on any atom is 0.320 e. The molecule has 0 saturated carbocycles. The summed E-state index contributed by atoms with van der Waals surface area (Å²) in [5, 5.41) is 7.45. The van der Waals surface area contributed by atoms with Crippen LogP contribution in [0.15, 0.2) is 12.1 Å². The smallest absolute Gasteiger partial charge is 0.320 e. The van der Waals surface area contributed by atoms with Gasteiger partial charge in [-0.2, -0.15) is 0 Å². The molecule has 1 aromatic rings. The minimum atomic E-state index is -1.21. The van der Waals surface area contributed by atoms with Crippen LogP contribution in [0, 0.1) is 10.8 Å². The van der Waals surface area contributed by atoms with Crippen LogP contribution in [0.5, 0.6) is 5.75 Å². The summed E-state index contributed by atoms with van der Waals surface area (Å²) in [4.78, 5) is 25.4. The van der Waals surface area contributed by atoms with E-state index in [2.05, 4.69) is 0 Å². The summed E-state index contributed by atoms with van der Waals surface area (Å²) in [6, 6.07) is 3.35. The molecule has 1 aliphatic rings. The number of carbonyl (C=O) groups is 2. The first-order chi connectivity index (χ1) is 11.0. The number of ether oxygens (including phenoxy) is 2. The minimum Gasteiger partial charge on any atom is -0.496 e. The summed E-state index contributed by atoms with van der Waals surface area (Å²) in [7, 11) is 1.51. The second-order valence-electron chi connectivity index (χ2n) is 5.50. The molecular weight excluding hydrogens is 318 g/mol. The van der Waals surface area contributed by atoms with Crippen LogP contribution in [0.2, 0.25) is 0 Å². The third-order valence-electron chi connectivity index (χ3n) is 4.19. The molecule has 6 heteroatoms. The van der Waals surface area contributed by atoms with Crippen LogP contribution in [0.25, 0.3) is 0 Å². The maximum atomic E-state index is 12.9. The van der Waals surface area contributed by atoms with E-state index in [1.807, 2.05) is 0 Å². The van der Waals surface area contributed by atoms with Crippen LogP contribution < -0.4 is 4.74 Å². The van der Waals surface area contributed by atoms with Gasteiger partial charge in [0.05, 0.1) is 13.7 Å². The Kier molecular flexibility index (Phi) is 5.42. The van der Waals surface area contributed by atoms with Gasteiger partial charge in [0, 0.05) is 23.2 Å². The average molecular weight is 338 g/mol. The molecule has 23 heavy (non-hydrogen) atoms. The van der Waals surface area contributed by atoms with Crippen LogP contribution in [0.1, 0.15) is 41.3 Å². The number of alkyl halides is 1. The van der Waals surface area contributed by atoms with Gasteiger partial charge in [0.1, 0.15) is 11.2 Å². The summed E-state index contributed by atoms with van der Waals surface area (Å²) in [6.07, 6.45) is 2.32. The van der Waals surface area contributed by atoms with Crippen molar-refractivity contribution >= 4 is 29.6 Å². The highest BCUT2D eigenvalue weighted by atomic mass is 35.5. The van der Waals surface area contributed by atoms with E-state index >= 15 is 0 Å². The molecule has 0 heterocycles. The molecule has 1 aromatic carbocycles. The Hall–Kier alpha value is -1.88. The lowest BCUT2D eigenvalue weighted by Gasteiger charge is -2.24. The molecule has 0 spiro atoms. The SMILES string of the molecule is CCOC(=O)C1(CCCCl)Cc2cc(OC)c(C=N)cc2C1=O. The molecule has 1 unspecified atom stereocenters. The first-order valence-corrected chi connectivity index (χ1v) is 8.07. The molecule has 0 radical (unpaired) electrons. The largest absolute Gasteiger partial charge is 0.496 e. The lowest BCUT2D eigenvalue weighted by atomic mass is 9.79. The van der Waals surface area contributed by atoms with Crippen molar-refractivity contribution in [3.63, 3.8) is 0 Å². The van der Waals surface area contributed by atoms with E-state index in [4.69, 9.17) is 26.5 Å². The van der Waals surface area contributed by atoms with Crippen LogP contribution in [-0.4, -0.2) is 37.6 Å². The van der Waals surface area contributed by atoms with E-state index in [0.29, 0.717) is 35.6 Å². The van der Waals surface area contributed by atoms with E-state index in [1.54, 1.807) is 19.1 Å². The Bertz CT molecular complexity index is 644. The number of nitrogens with one attached hydrogen (secondary N) is 1. The van der Waals surface area contributed by atoms with E-state index < -0.39 is 11.4 Å². The number of carbonyl (C=O) groups excluding carboxylic acids is 2. The van der Waals surface area contributed by atoms with Crippen molar-refractivity contribution in [3.8, 4) is 5.75 Å². The third-order valence-corrected chi connectivity index (χ3v) is 4.45. The summed E-state index contributed by atoms with van der Waals surface area (Å²) in [5.74, 6) is 0.145. The van der Waals surface area contributed by atoms with E-state index in [0.717, 1.165) is 11.8 Å². The van der Waals surface area contributed by atoms with Crippen LogP contribution in [0.4, 0.5) is 0 Å². The number of rotatable bonds is 7. The molecule has 1 aliphatic carbocycles. The molecule has 0 aliphatic heterocycles. The molecule has 5 nitrogen and oxygen atoms in total. The predicted molar refractivity (Wildman–Crippen MR) is 87.9 cm³/mol. The number of Topliss-reactive ketones (excluding diaryl/α,β-unsaturated/α-hetero) is 1. The topological polar surface area (TPSA) is 76.5 Å². The number of fused-ring (bicyclic) bond motifs is 1. The Morgan fingerprint density at radius 3 is 2.78 bits per heavy atom. The fourth-order valence-electron chi connectivity index (χ4n) is 3.06. The van der Waals surface area contributed by atoms with Crippen LogP contribution in [-0.2, 0) is 16.0 Å². The quantitative estimate of drug-likeness (QED) is 0.359. The molecular formula is C17H20ClNO4. The minimum absolute atomic E-state index is 0.222. The van der Waals surface area contributed by atoms with Crippen LogP contribution in [0.3, 0.4) is 0 Å². The van der Waals surface area contributed by atoms with Gasteiger partial charge in [0.15, 0.2) is 5.78 Å². The van der Waals surface area contributed by atoms with E-state index in [1.165, 1.54) is 7.11 Å². The zero-order chi connectivity index (χ0) is 17.0. The van der Waals surface area contributed by atoms with Crippen molar-refractivity contribution in [2.45, 2.75) is 26.2 Å². The lowest BCUT2D eigenvalue weighted by molar-refractivity contribution is -0.152. The number of hydrogen-bond donors (Lipinski definition) is 1. The van der Waals surface area contributed by atoms with Crippen molar-refractivity contribution < 1.29 is 19.1 Å². The first-order valence-electron chi connectivity index (χ1n) is 7.53. The van der Waals surface area contributed by atoms with Crippen molar-refractivity contribution in [3.05, 3.63) is 28.8 Å². The van der Waals surface area contributed by atoms with Gasteiger partial charge in [0.2, 0.25) is 0 Å². The third kappa shape index (κ3) is 2.98. The fourth-order valence-corrected chi connectivity index (χ4v) is 3.19. The maximum absolute atomic E-state index is 12.9. The highest BCUT2D eigenvalue weighted by Crippen LogP contribution is 2.43. The molecule has 1 N–H and O–H groups in total. The second-order valence-corrected chi connectivity index (χ2v) is 5.87. The molecule has 124 valence electrons. The summed E-state index contributed by atoms with van der Waals surface area (Å²) in [5.41, 5.74) is 0.516. The number of hydrogen-bond acceptors (Lipinski definition) is 5. The van der Waals surface area contributed by atoms with Gasteiger partial charge < -0.3 is 14.9 Å². The highest BCUT2D eigenvalue weighted by Gasteiger charge is 2.52. The highest BCUT2D eigenvalue weighted by molar-refractivity contribution is 6.18. The molecule has 0 amide bonds. The van der Waals surface area contributed by atoms with Crippen molar-refractivity contribution in [1.29, 1.82) is 5.41 Å². The molecule has 0 bridgehead atoms. The van der Waals surface area contributed by atoms with Crippen molar-refractivity contribution in [2.75, 3.05) is 19.6 Å². The first kappa shape index (κ1) is 17.5. The van der Waals surface area contributed by atoms with E-state index in [-0.39, 0.29) is 18.8 Å². The summed E-state index contributed by atoms with van der Waals surface area (Å²) < 4.78 is 10.4. The zero-order valence-corrected chi connectivity index (χ0v) is 14.0. The Labute approximate surface area is 140 Å². The van der Waals surface area contributed by atoms with Gasteiger partial charge in [-0.25, -0.2) is 0 Å². The van der Waals surface area contributed by atoms with Crippen molar-refractivity contribution in [2.24, 2.45) is 5.41 Å². The number of ketones is 1. The standard InChI is InChI=1S/C17H20ClNO4/c1-3-23-16(21)17(5-4-6-18)9-11-8-14(22-2)12(10-19)7-13(11)15(17)20/h7-8,10,19H,3-6,9H2,1-2H3. The zero-order valence-electron chi connectivity index (χ0n) is 13.3. The van der Waals surface area contributed by atoms with Gasteiger partial charge in [-0.15, -0.1) is 11.6 Å². The van der Waals surface area contributed by atoms with Gasteiger partial charge in [-0.05, 0) is 43.9 Å². The number of methoxy groups -OCH3 is 1. The Morgan fingerprint density at radius 1 is 1.48 bits per heavy atom. The van der Waals surface area contributed by atoms with Crippen LogP contribution >= 0.6 is 11.6 Å². The average Bonchev–Trinajstić information content (AvgIpc) is 2.84. The van der Waals surface area contributed by atoms with Gasteiger partial charge in [-0.1, -0.05) is 0 Å². The molecule has 1 atom stereocenters. The predicted octanol–water partition coefficient (Wildman–Crippen LogP) is 3.00. The second kappa shape index (κ2) is 7.13. The molecule has 0 saturated heterocycles. The normalized spacial score (nSPS) is 19.3. The molecule has 0 fully saturated rings. The molecule has 2 rings (SSSR count). The summed E-state index contributed by atoms with van der Waals surface area (Å²) in [6.45, 7) is 1.94. The van der Waals surface area contributed by atoms with Gasteiger partial charge in [0.25, 0.3) is 0 Å². The van der Waals surface area contributed by atoms with Gasteiger partial charge in [-0.3, -0.25) is 9.59 Å². The monoisotopic (exact) mass is 337 g/mol.